The number of hydrogen-bond donors (Lipinski definition) is 3. The Hall–Kier alpha value is -3.02. The Morgan fingerprint density at radius 3 is 2.30 bits per heavy atom. The molecule has 0 saturated carbocycles. The first-order chi connectivity index (χ1) is 11.0. The summed E-state index contributed by atoms with van der Waals surface area (Å²) in [6.45, 7) is 0.108. The van der Waals surface area contributed by atoms with Gasteiger partial charge in [-0.15, -0.1) is 0 Å². The van der Waals surface area contributed by atoms with Gasteiger partial charge in [0.2, 0.25) is 5.91 Å². The van der Waals surface area contributed by atoms with E-state index < -0.39 is 18.0 Å². The van der Waals surface area contributed by atoms with Crippen LogP contribution >= 0.6 is 0 Å². The summed E-state index contributed by atoms with van der Waals surface area (Å²) in [7, 11) is 0. The fraction of sp³-hybridized carbons (Fsp3) is 0.176. The molecular weight excluding hydrogens is 296 g/mol. The number of rotatable bonds is 6. The van der Waals surface area contributed by atoms with Gasteiger partial charge in [0.15, 0.2) is 0 Å². The fourth-order valence-corrected chi connectivity index (χ4v) is 2.00. The van der Waals surface area contributed by atoms with Crippen LogP contribution in [0.1, 0.15) is 11.1 Å². The normalized spacial score (nSPS) is 11.5. The van der Waals surface area contributed by atoms with Crippen molar-refractivity contribution >= 4 is 12.0 Å². The van der Waals surface area contributed by atoms with Crippen LogP contribution in [0.4, 0.5) is 4.79 Å². The molecule has 120 valence electrons. The number of alkyl carbamates (subject to hydrolysis) is 1. The van der Waals surface area contributed by atoms with Gasteiger partial charge in [-0.2, -0.15) is 0 Å². The average Bonchev–Trinajstić information content (AvgIpc) is 2.55. The summed E-state index contributed by atoms with van der Waals surface area (Å²) in [5.74, 6) is -0.533. The van der Waals surface area contributed by atoms with Gasteiger partial charge in [0, 0.05) is 6.42 Å². The molecule has 0 aliphatic carbocycles. The molecule has 0 aliphatic rings. The van der Waals surface area contributed by atoms with Gasteiger partial charge in [0.1, 0.15) is 18.4 Å². The second-order valence-corrected chi connectivity index (χ2v) is 5.03. The molecular formula is C17H18N2O4. The second kappa shape index (κ2) is 7.84. The molecule has 0 fully saturated rings. The van der Waals surface area contributed by atoms with E-state index in [1.165, 1.54) is 12.1 Å². The third-order valence-corrected chi connectivity index (χ3v) is 3.22. The molecule has 23 heavy (non-hydrogen) atoms. The summed E-state index contributed by atoms with van der Waals surface area (Å²) in [5, 5.41) is 11.7. The topological polar surface area (TPSA) is 102 Å². The van der Waals surface area contributed by atoms with Gasteiger partial charge in [-0.25, -0.2) is 4.79 Å². The second-order valence-electron chi connectivity index (χ2n) is 5.03. The quantitative estimate of drug-likeness (QED) is 0.755. The van der Waals surface area contributed by atoms with Crippen molar-refractivity contribution < 1.29 is 19.4 Å². The minimum absolute atomic E-state index is 0.108. The first-order valence-corrected chi connectivity index (χ1v) is 7.09. The summed E-state index contributed by atoms with van der Waals surface area (Å²) < 4.78 is 5.07. The Morgan fingerprint density at radius 1 is 1.04 bits per heavy atom. The minimum atomic E-state index is -0.886. The molecule has 0 unspecified atom stereocenters. The SMILES string of the molecule is NC(=O)[C@@H](Cc1ccc(O)cc1)NC(=O)OCc1ccccc1. The van der Waals surface area contributed by atoms with E-state index in [2.05, 4.69) is 5.32 Å². The van der Waals surface area contributed by atoms with Gasteiger partial charge < -0.3 is 20.9 Å². The van der Waals surface area contributed by atoms with Crippen LogP contribution in [0.25, 0.3) is 0 Å². The third kappa shape index (κ3) is 5.35. The lowest BCUT2D eigenvalue weighted by Crippen LogP contribution is -2.46. The van der Waals surface area contributed by atoms with Crippen molar-refractivity contribution in [3.8, 4) is 5.75 Å². The van der Waals surface area contributed by atoms with E-state index in [0.717, 1.165) is 11.1 Å². The molecule has 0 heterocycles. The lowest BCUT2D eigenvalue weighted by atomic mass is 10.1. The highest BCUT2D eigenvalue weighted by Crippen LogP contribution is 2.11. The zero-order valence-electron chi connectivity index (χ0n) is 12.4. The molecule has 0 aromatic heterocycles. The Kier molecular flexibility index (Phi) is 5.57. The Balaban J connectivity index is 1.89. The van der Waals surface area contributed by atoms with Crippen LogP contribution in [0, 0.1) is 0 Å². The van der Waals surface area contributed by atoms with Gasteiger partial charge in [0.25, 0.3) is 0 Å². The Morgan fingerprint density at radius 2 is 1.70 bits per heavy atom. The van der Waals surface area contributed by atoms with Gasteiger partial charge in [0.05, 0.1) is 0 Å². The number of ether oxygens (including phenoxy) is 1. The molecule has 0 saturated heterocycles. The van der Waals surface area contributed by atoms with Crippen LogP contribution in [0.5, 0.6) is 5.75 Å². The van der Waals surface area contributed by atoms with E-state index in [1.807, 2.05) is 30.3 Å². The van der Waals surface area contributed by atoms with E-state index in [-0.39, 0.29) is 18.8 Å². The van der Waals surface area contributed by atoms with Crippen molar-refractivity contribution in [3.05, 3.63) is 65.7 Å². The van der Waals surface area contributed by atoms with Crippen LogP contribution in [0.15, 0.2) is 54.6 Å². The largest absolute Gasteiger partial charge is 0.508 e. The van der Waals surface area contributed by atoms with Crippen molar-refractivity contribution in [1.82, 2.24) is 5.32 Å². The zero-order chi connectivity index (χ0) is 16.7. The standard InChI is InChI=1S/C17H18N2O4/c18-16(21)15(10-12-6-8-14(20)9-7-12)19-17(22)23-11-13-4-2-1-3-5-13/h1-9,15,20H,10-11H2,(H2,18,21)(H,19,22)/t15-/m1/s1. The number of carbonyl (C=O) groups excluding carboxylic acids is 2. The highest BCUT2D eigenvalue weighted by Gasteiger charge is 2.19. The molecule has 2 amide bonds. The number of nitrogens with two attached hydrogens (primary N) is 1. The molecule has 6 heteroatoms. The molecule has 1 atom stereocenters. The van der Waals surface area contributed by atoms with Crippen molar-refractivity contribution in [2.24, 2.45) is 5.73 Å². The number of benzene rings is 2. The molecule has 0 spiro atoms. The maximum absolute atomic E-state index is 11.8. The van der Waals surface area contributed by atoms with E-state index in [0.29, 0.717) is 0 Å². The molecule has 2 aromatic rings. The first kappa shape index (κ1) is 16.4. The summed E-state index contributed by atoms with van der Waals surface area (Å²) in [5.41, 5.74) is 6.91. The predicted molar refractivity (Wildman–Crippen MR) is 84.6 cm³/mol. The molecule has 6 nitrogen and oxygen atoms in total. The predicted octanol–water partition coefficient (Wildman–Crippen LogP) is 1.71. The molecule has 0 bridgehead atoms. The fourth-order valence-electron chi connectivity index (χ4n) is 2.00. The van der Waals surface area contributed by atoms with E-state index in [9.17, 15) is 14.7 Å². The third-order valence-electron chi connectivity index (χ3n) is 3.22. The maximum atomic E-state index is 11.8. The number of amides is 2. The minimum Gasteiger partial charge on any atom is -0.508 e. The van der Waals surface area contributed by atoms with Gasteiger partial charge in [-0.1, -0.05) is 42.5 Å². The van der Waals surface area contributed by atoms with Crippen molar-refractivity contribution in [2.75, 3.05) is 0 Å². The van der Waals surface area contributed by atoms with Gasteiger partial charge >= 0.3 is 6.09 Å². The van der Waals surface area contributed by atoms with Crippen molar-refractivity contribution in [2.45, 2.75) is 19.1 Å². The molecule has 2 rings (SSSR count). The number of hydrogen-bond acceptors (Lipinski definition) is 4. The lowest BCUT2D eigenvalue weighted by Gasteiger charge is -2.15. The summed E-state index contributed by atoms with van der Waals surface area (Å²) in [6, 6.07) is 14.6. The van der Waals surface area contributed by atoms with Crippen molar-refractivity contribution in [3.63, 3.8) is 0 Å². The molecule has 2 aromatic carbocycles. The Labute approximate surface area is 133 Å². The lowest BCUT2D eigenvalue weighted by molar-refractivity contribution is -0.119. The van der Waals surface area contributed by atoms with Crippen LogP contribution in [0.2, 0.25) is 0 Å². The number of nitrogens with one attached hydrogen (secondary N) is 1. The maximum Gasteiger partial charge on any atom is 0.408 e. The van der Waals surface area contributed by atoms with E-state index in [4.69, 9.17) is 10.5 Å². The number of carbonyl (C=O) groups is 2. The van der Waals surface area contributed by atoms with Crippen LogP contribution < -0.4 is 11.1 Å². The first-order valence-electron chi connectivity index (χ1n) is 7.09. The smallest absolute Gasteiger partial charge is 0.408 e. The molecule has 0 radical (unpaired) electrons. The van der Waals surface area contributed by atoms with Crippen LogP contribution in [-0.4, -0.2) is 23.1 Å². The summed E-state index contributed by atoms with van der Waals surface area (Å²) in [4.78, 5) is 23.3. The molecule has 0 aliphatic heterocycles. The molecule has 4 N–H and O–H groups in total. The zero-order valence-corrected chi connectivity index (χ0v) is 12.4. The highest BCUT2D eigenvalue weighted by molar-refractivity contribution is 5.84. The van der Waals surface area contributed by atoms with Gasteiger partial charge in [-0.05, 0) is 23.3 Å². The number of phenolic OH excluding ortho intramolecular Hbond substituents is 1. The van der Waals surface area contributed by atoms with Crippen LogP contribution in [-0.2, 0) is 22.6 Å². The van der Waals surface area contributed by atoms with Gasteiger partial charge in [-0.3, -0.25) is 4.79 Å². The highest BCUT2D eigenvalue weighted by atomic mass is 16.5. The van der Waals surface area contributed by atoms with Crippen LogP contribution in [0.3, 0.4) is 0 Å². The number of aromatic hydroxyl groups is 1. The monoisotopic (exact) mass is 314 g/mol. The average molecular weight is 314 g/mol. The Bertz CT molecular complexity index is 656. The number of primary amides is 1. The van der Waals surface area contributed by atoms with E-state index >= 15 is 0 Å². The number of phenols is 1. The van der Waals surface area contributed by atoms with Crippen molar-refractivity contribution in [1.29, 1.82) is 0 Å². The summed E-state index contributed by atoms with van der Waals surface area (Å²) in [6.07, 6.45) is -0.493. The summed E-state index contributed by atoms with van der Waals surface area (Å²) >= 11 is 0. The van der Waals surface area contributed by atoms with E-state index in [1.54, 1.807) is 12.1 Å².